The molecule has 1 saturated heterocycles. The van der Waals surface area contributed by atoms with Gasteiger partial charge in [-0.3, -0.25) is 0 Å². The second-order valence-corrected chi connectivity index (χ2v) is 7.86. The summed E-state index contributed by atoms with van der Waals surface area (Å²) in [6.45, 7) is 0. The number of benzene rings is 2. The van der Waals surface area contributed by atoms with Crippen molar-refractivity contribution in [2.75, 3.05) is 7.11 Å². The van der Waals surface area contributed by atoms with Crippen LogP contribution in [0.15, 0.2) is 60.7 Å². The Labute approximate surface area is 152 Å². The van der Waals surface area contributed by atoms with E-state index in [2.05, 4.69) is 0 Å². The molecule has 1 heterocycles. The summed E-state index contributed by atoms with van der Waals surface area (Å²) in [6, 6.07) is 17.5. The number of hydrogen-bond donors (Lipinski definition) is 0. The molecule has 3 rings (SSSR count). The fourth-order valence-electron chi connectivity index (χ4n) is 2.53. The van der Waals surface area contributed by atoms with E-state index in [1.165, 1.54) is 0 Å². The van der Waals surface area contributed by atoms with Gasteiger partial charge in [0, 0.05) is 0 Å². The fourth-order valence-corrected chi connectivity index (χ4v) is 5.04. The molecule has 130 valence electrons. The Morgan fingerprint density at radius 3 is 1.92 bits per heavy atom. The van der Waals surface area contributed by atoms with Crippen LogP contribution in [0.25, 0.3) is 0 Å². The number of carbonyl (C=O) groups excluding carboxylic acids is 2. The van der Waals surface area contributed by atoms with Crippen LogP contribution in [0, 0.1) is 0 Å². The third-order valence-electron chi connectivity index (χ3n) is 3.81. The van der Waals surface area contributed by atoms with Crippen LogP contribution in [0.4, 0.5) is 0 Å². The first-order valence-electron chi connectivity index (χ1n) is 7.85. The molecule has 0 saturated carbocycles. The van der Waals surface area contributed by atoms with Crippen LogP contribution in [0.5, 0.6) is 0 Å². The van der Waals surface area contributed by atoms with E-state index in [1.54, 1.807) is 55.6 Å². The summed E-state index contributed by atoms with van der Waals surface area (Å²) < 4.78 is 16.7. The van der Waals surface area contributed by atoms with E-state index in [4.69, 9.17) is 14.2 Å². The zero-order chi connectivity index (χ0) is 17.6. The minimum atomic E-state index is -0.592. The van der Waals surface area contributed by atoms with Gasteiger partial charge in [0.1, 0.15) is 0 Å². The molecule has 5 nitrogen and oxygen atoms in total. The quantitative estimate of drug-likeness (QED) is 0.565. The van der Waals surface area contributed by atoms with Gasteiger partial charge in [0.25, 0.3) is 0 Å². The zero-order valence-corrected chi connectivity index (χ0v) is 15.4. The molecule has 0 spiro atoms. The Bertz CT molecular complexity index is 719. The number of methoxy groups -OCH3 is 1. The molecule has 25 heavy (non-hydrogen) atoms. The van der Waals surface area contributed by atoms with E-state index in [9.17, 15) is 9.59 Å². The molecule has 0 bridgehead atoms. The minimum absolute atomic E-state index is 0.0675. The summed E-state index contributed by atoms with van der Waals surface area (Å²) in [6.07, 6.45) is -1.09. The Kier molecular flexibility index (Phi) is 5.87. The van der Waals surface area contributed by atoms with Crippen molar-refractivity contribution in [3.63, 3.8) is 0 Å². The maximum absolute atomic E-state index is 12.4. The van der Waals surface area contributed by atoms with Crippen molar-refractivity contribution >= 4 is 26.9 Å². The SMILES string of the molecule is COC1[Se]C[C@H](OC(=O)c2ccccc2)[C@H]1OC(=O)c1ccccc1. The molecule has 6 heteroatoms. The average Bonchev–Trinajstić information content (AvgIpc) is 3.04. The fraction of sp³-hybridized carbons (Fsp3) is 0.263. The van der Waals surface area contributed by atoms with Gasteiger partial charge in [-0.2, -0.15) is 0 Å². The first-order chi connectivity index (χ1) is 12.2. The van der Waals surface area contributed by atoms with Crippen molar-refractivity contribution in [3.8, 4) is 0 Å². The molecule has 0 amide bonds. The van der Waals surface area contributed by atoms with Crippen LogP contribution in [0.2, 0.25) is 5.32 Å². The molecular formula is C19H18O5Se. The van der Waals surface area contributed by atoms with Gasteiger partial charge in [0.2, 0.25) is 0 Å². The summed E-state index contributed by atoms with van der Waals surface area (Å²) in [5.74, 6) is -0.856. The standard InChI is InChI=1S/C19H18O5Se/c1-22-19-16(24-18(21)14-10-6-3-7-11-14)15(12-25-19)23-17(20)13-8-4-2-5-9-13/h2-11,15-16,19H,12H2,1H3/t15-,16+,19?/m0/s1. The van der Waals surface area contributed by atoms with Crippen molar-refractivity contribution in [1.82, 2.24) is 0 Å². The van der Waals surface area contributed by atoms with Gasteiger partial charge in [0.05, 0.1) is 0 Å². The first-order valence-corrected chi connectivity index (χ1v) is 10.1. The molecular weight excluding hydrogens is 387 g/mol. The van der Waals surface area contributed by atoms with Crippen molar-refractivity contribution in [2.24, 2.45) is 0 Å². The van der Waals surface area contributed by atoms with E-state index in [-0.39, 0.29) is 20.0 Å². The zero-order valence-electron chi connectivity index (χ0n) is 13.7. The molecule has 0 radical (unpaired) electrons. The van der Waals surface area contributed by atoms with Gasteiger partial charge in [0.15, 0.2) is 0 Å². The number of hydrogen-bond acceptors (Lipinski definition) is 5. The van der Waals surface area contributed by atoms with Gasteiger partial charge in [-0.1, -0.05) is 0 Å². The second kappa shape index (κ2) is 8.30. The molecule has 2 aromatic rings. The molecule has 0 aromatic heterocycles. The predicted octanol–water partition coefficient (Wildman–Crippen LogP) is 2.55. The second-order valence-electron chi connectivity index (χ2n) is 5.48. The van der Waals surface area contributed by atoms with Crippen molar-refractivity contribution in [1.29, 1.82) is 0 Å². The number of carbonyl (C=O) groups is 2. The normalized spacial score (nSPS) is 22.4. The average molecular weight is 405 g/mol. The van der Waals surface area contributed by atoms with Crippen LogP contribution in [-0.4, -0.2) is 51.2 Å². The molecule has 0 aliphatic carbocycles. The van der Waals surface area contributed by atoms with Gasteiger partial charge < -0.3 is 0 Å². The van der Waals surface area contributed by atoms with E-state index in [0.29, 0.717) is 16.4 Å². The first kappa shape index (κ1) is 17.7. The van der Waals surface area contributed by atoms with E-state index < -0.39 is 24.1 Å². The van der Waals surface area contributed by atoms with Crippen LogP contribution >= 0.6 is 0 Å². The Morgan fingerprint density at radius 1 is 0.880 bits per heavy atom. The Hall–Kier alpha value is -2.14. The van der Waals surface area contributed by atoms with Crippen LogP contribution in [-0.2, 0) is 14.2 Å². The van der Waals surface area contributed by atoms with Gasteiger partial charge in [-0.25, -0.2) is 0 Å². The predicted molar refractivity (Wildman–Crippen MR) is 92.6 cm³/mol. The van der Waals surface area contributed by atoms with E-state index >= 15 is 0 Å². The maximum atomic E-state index is 12.4. The number of rotatable bonds is 5. The summed E-state index contributed by atoms with van der Waals surface area (Å²) in [5.41, 5.74) is 0.939. The van der Waals surface area contributed by atoms with Crippen LogP contribution in [0.3, 0.4) is 0 Å². The molecule has 3 atom stereocenters. The Balaban J connectivity index is 1.70. The third-order valence-corrected chi connectivity index (χ3v) is 6.56. The van der Waals surface area contributed by atoms with Gasteiger partial charge in [-0.15, -0.1) is 0 Å². The molecule has 1 fully saturated rings. The number of ether oxygens (including phenoxy) is 3. The van der Waals surface area contributed by atoms with Gasteiger partial charge in [-0.05, 0) is 0 Å². The summed E-state index contributed by atoms with van der Waals surface area (Å²) in [5, 5.41) is 0.422. The van der Waals surface area contributed by atoms with E-state index in [1.807, 2.05) is 12.1 Å². The summed E-state index contributed by atoms with van der Waals surface area (Å²) in [7, 11) is 1.58. The summed E-state index contributed by atoms with van der Waals surface area (Å²) in [4.78, 5) is 24.7. The summed E-state index contributed by atoms with van der Waals surface area (Å²) >= 11 is 0.0675. The monoisotopic (exact) mass is 406 g/mol. The molecule has 0 N–H and O–H groups in total. The Morgan fingerprint density at radius 2 is 1.40 bits per heavy atom. The topological polar surface area (TPSA) is 61.8 Å². The van der Waals surface area contributed by atoms with Crippen molar-refractivity contribution < 1.29 is 23.8 Å². The van der Waals surface area contributed by atoms with Crippen LogP contribution < -0.4 is 0 Å². The molecule has 1 aliphatic heterocycles. The molecule has 2 aromatic carbocycles. The molecule has 1 unspecified atom stereocenters. The van der Waals surface area contributed by atoms with Crippen molar-refractivity contribution in [2.45, 2.75) is 22.5 Å². The van der Waals surface area contributed by atoms with Gasteiger partial charge >= 0.3 is 152 Å². The number of esters is 2. The third kappa shape index (κ3) is 4.28. The molecule has 1 aliphatic rings. The van der Waals surface area contributed by atoms with Crippen LogP contribution in [0.1, 0.15) is 20.7 Å². The van der Waals surface area contributed by atoms with E-state index in [0.717, 1.165) is 0 Å². The van der Waals surface area contributed by atoms with Crippen molar-refractivity contribution in [3.05, 3.63) is 71.8 Å².